The first kappa shape index (κ1) is 22.7. The minimum Gasteiger partial charge on any atom is -0.448 e. The zero-order chi connectivity index (χ0) is 23.4. The van der Waals surface area contributed by atoms with E-state index in [2.05, 4.69) is 17.3 Å². The number of aromatic nitrogens is 2. The van der Waals surface area contributed by atoms with Gasteiger partial charge in [-0.3, -0.25) is 9.59 Å². The van der Waals surface area contributed by atoms with Gasteiger partial charge in [-0.05, 0) is 37.3 Å². The second-order valence-corrected chi connectivity index (χ2v) is 8.77. The summed E-state index contributed by atoms with van der Waals surface area (Å²) < 4.78 is 6.77. The molecule has 3 aromatic rings. The van der Waals surface area contributed by atoms with Gasteiger partial charge in [-0.1, -0.05) is 68.3 Å². The van der Waals surface area contributed by atoms with Crippen molar-refractivity contribution in [1.82, 2.24) is 15.1 Å². The van der Waals surface area contributed by atoms with E-state index in [4.69, 9.17) is 4.74 Å². The fraction of sp³-hybridized carbons (Fsp3) is 0.385. The van der Waals surface area contributed by atoms with Crippen molar-refractivity contribution in [2.45, 2.75) is 58.2 Å². The number of nitrogens with zero attached hydrogens (tertiary/aromatic N) is 2. The van der Waals surface area contributed by atoms with Crippen LogP contribution in [0, 0.1) is 5.92 Å². The van der Waals surface area contributed by atoms with Crippen LogP contribution in [-0.2, 0) is 16.1 Å². The van der Waals surface area contributed by atoms with Crippen molar-refractivity contribution in [2.75, 3.05) is 0 Å². The largest absolute Gasteiger partial charge is 0.448 e. The topological polar surface area (TPSA) is 90.3 Å². The molecule has 2 aromatic carbocycles. The molecule has 0 saturated heterocycles. The molecule has 1 aromatic heterocycles. The molecule has 33 heavy (non-hydrogen) atoms. The van der Waals surface area contributed by atoms with Crippen molar-refractivity contribution in [2.24, 2.45) is 5.92 Å². The average molecular weight is 448 g/mol. The maximum absolute atomic E-state index is 13.1. The Labute approximate surface area is 192 Å². The monoisotopic (exact) mass is 447 g/mol. The van der Waals surface area contributed by atoms with Gasteiger partial charge in [0.1, 0.15) is 0 Å². The molecule has 7 heteroatoms. The van der Waals surface area contributed by atoms with Crippen molar-refractivity contribution in [3.8, 4) is 0 Å². The van der Waals surface area contributed by atoms with Gasteiger partial charge in [0.25, 0.3) is 11.5 Å². The van der Waals surface area contributed by atoms with Crippen LogP contribution in [0.3, 0.4) is 0 Å². The van der Waals surface area contributed by atoms with E-state index in [9.17, 15) is 14.4 Å². The molecule has 172 valence electrons. The smallest absolute Gasteiger partial charge is 0.360 e. The Kier molecular flexibility index (Phi) is 6.87. The third-order valence-electron chi connectivity index (χ3n) is 6.33. The maximum Gasteiger partial charge on any atom is 0.360 e. The maximum atomic E-state index is 13.1. The van der Waals surface area contributed by atoms with Crippen LogP contribution in [0.5, 0.6) is 0 Å². The third kappa shape index (κ3) is 5.13. The normalized spacial score (nSPS) is 19.1. The van der Waals surface area contributed by atoms with Gasteiger partial charge in [-0.15, -0.1) is 0 Å². The van der Waals surface area contributed by atoms with Crippen LogP contribution < -0.4 is 10.9 Å². The van der Waals surface area contributed by atoms with Crippen molar-refractivity contribution in [1.29, 1.82) is 0 Å². The van der Waals surface area contributed by atoms with Crippen LogP contribution in [0.1, 0.15) is 55.6 Å². The van der Waals surface area contributed by atoms with Crippen LogP contribution in [-0.4, -0.2) is 33.8 Å². The number of amides is 1. The van der Waals surface area contributed by atoms with E-state index >= 15 is 0 Å². The molecule has 1 amide bonds. The standard InChI is InChI=1S/C26H29N3O4/c1-17-10-6-9-15-22(17)27-24(30)18(2)33-26(32)23-20-13-7-8-14-21(20)25(31)29(28-23)16-19-11-4-3-5-12-19/h3-5,7-8,11-14,17-18,22H,6,9-10,15-16H2,1-2H3,(H,27,30). The predicted molar refractivity (Wildman–Crippen MR) is 126 cm³/mol. The molecule has 7 nitrogen and oxygen atoms in total. The Bertz CT molecular complexity index is 1210. The number of hydrogen-bond donors (Lipinski definition) is 1. The van der Waals surface area contributed by atoms with Gasteiger partial charge in [0.15, 0.2) is 11.8 Å². The molecule has 0 spiro atoms. The molecule has 3 unspecified atom stereocenters. The lowest BCUT2D eigenvalue weighted by molar-refractivity contribution is -0.130. The van der Waals surface area contributed by atoms with Gasteiger partial charge in [0, 0.05) is 11.4 Å². The Morgan fingerprint density at radius 1 is 1.06 bits per heavy atom. The van der Waals surface area contributed by atoms with Crippen molar-refractivity contribution < 1.29 is 14.3 Å². The quantitative estimate of drug-likeness (QED) is 0.582. The molecule has 3 atom stereocenters. The first-order valence-electron chi connectivity index (χ1n) is 11.5. The van der Waals surface area contributed by atoms with Gasteiger partial charge in [0.05, 0.1) is 11.9 Å². The molecular formula is C26H29N3O4. The number of carbonyl (C=O) groups excluding carboxylic acids is 2. The predicted octanol–water partition coefficient (Wildman–Crippen LogP) is 3.69. The fourth-order valence-corrected chi connectivity index (χ4v) is 4.35. The van der Waals surface area contributed by atoms with Crippen molar-refractivity contribution in [3.63, 3.8) is 0 Å². The summed E-state index contributed by atoms with van der Waals surface area (Å²) in [5.41, 5.74) is 0.617. The number of benzene rings is 2. The van der Waals surface area contributed by atoms with Gasteiger partial charge in [-0.2, -0.15) is 5.10 Å². The zero-order valence-electron chi connectivity index (χ0n) is 19.0. The third-order valence-corrected chi connectivity index (χ3v) is 6.33. The summed E-state index contributed by atoms with van der Waals surface area (Å²) in [7, 11) is 0. The van der Waals surface area contributed by atoms with E-state index in [1.54, 1.807) is 31.2 Å². The van der Waals surface area contributed by atoms with Crippen LogP contribution in [0.25, 0.3) is 10.8 Å². The highest BCUT2D eigenvalue weighted by atomic mass is 16.5. The van der Waals surface area contributed by atoms with E-state index in [0.29, 0.717) is 16.7 Å². The lowest BCUT2D eigenvalue weighted by Crippen LogP contribution is -2.46. The number of hydrogen-bond acceptors (Lipinski definition) is 5. The minimum absolute atomic E-state index is 0.0202. The summed E-state index contributed by atoms with van der Waals surface area (Å²) in [6, 6.07) is 16.3. The Hall–Kier alpha value is -3.48. The summed E-state index contributed by atoms with van der Waals surface area (Å²) in [6.45, 7) is 3.91. The lowest BCUT2D eigenvalue weighted by atomic mass is 9.86. The van der Waals surface area contributed by atoms with Gasteiger partial charge < -0.3 is 10.1 Å². The summed E-state index contributed by atoms with van der Waals surface area (Å²) >= 11 is 0. The highest BCUT2D eigenvalue weighted by Crippen LogP contribution is 2.24. The van der Waals surface area contributed by atoms with E-state index in [1.807, 2.05) is 30.3 Å². The molecule has 1 saturated carbocycles. The lowest BCUT2D eigenvalue weighted by Gasteiger charge is -2.30. The summed E-state index contributed by atoms with van der Waals surface area (Å²) in [6.07, 6.45) is 3.31. The number of esters is 1. The molecule has 1 fully saturated rings. The molecule has 1 heterocycles. The number of ether oxygens (including phenoxy) is 1. The average Bonchev–Trinajstić information content (AvgIpc) is 2.83. The molecule has 1 N–H and O–H groups in total. The van der Waals surface area contributed by atoms with Crippen LogP contribution >= 0.6 is 0 Å². The molecule has 0 radical (unpaired) electrons. The highest BCUT2D eigenvalue weighted by molar-refractivity contribution is 6.02. The SMILES string of the molecule is CC(OC(=O)c1nn(Cc2ccccc2)c(=O)c2ccccc12)C(=O)NC1CCCCC1C. The van der Waals surface area contributed by atoms with Crippen LogP contribution in [0.4, 0.5) is 0 Å². The molecule has 1 aliphatic rings. The van der Waals surface area contributed by atoms with E-state index in [1.165, 1.54) is 11.1 Å². The van der Waals surface area contributed by atoms with Crippen LogP contribution in [0.2, 0.25) is 0 Å². The Morgan fingerprint density at radius 2 is 1.73 bits per heavy atom. The molecule has 1 aliphatic carbocycles. The van der Waals surface area contributed by atoms with Gasteiger partial charge in [-0.25, -0.2) is 9.48 Å². The Morgan fingerprint density at radius 3 is 2.45 bits per heavy atom. The number of fused-ring (bicyclic) bond motifs is 1. The second-order valence-electron chi connectivity index (χ2n) is 8.77. The number of carbonyl (C=O) groups is 2. The van der Waals surface area contributed by atoms with E-state index in [0.717, 1.165) is 24.8 Å². The van der Waals surface area contributed by atoms with Crippen molar-refractivity contribution in [3.05, 3.63) is 76.2 Å². The second kappa shape index (κ2) is 9.98. The summed E-state index contributed by atoms with van der Waals surface area (Å²) in [4.78, 5) is 38.7. The Balaban J connectivity index is 1.57. The van der Waals surface area contributed by atoms with E-state index < -0.39 is 12.1 Å². The first-order chi connectivity index (χ1) is 15.9. The minimum atomic E-state index is -0.971. The molecular weight excluding hydrogens is 418 g/mol. The summed E-state index contributed by atoms with van der Waals surface area (Å²) in [5.74, 6) is -0.644. The van der Waals surface area contributed by atoms with Gasteiger partial charge in [0.2, 0.25) is 0 Å². The highest BCUT2D eigenvalue weighted by Gasteiger charge is 2.27. The number of nitrogens with one attached hydrogen (secondary N) is 1. The van der Waals surface area contributed by atoms with E-state index in [-0.39, 0.29) is 29.7 Å². The molecule has 0 bridgehead atoms. The summed E-state index contributed by atoms with van der Waals surface area (Å²) in [5, 5.41) is 8.14. The first-order valence-corrected chi connectivity index (χ1v) is 11.5. The molecule has 4 rings (SSSR count). The molecule has 0 aliphatic heterocycles. The zero-order valence-corrected chi connectivity index (χ0v) is 19.0. The number of rotatable bonds is 6. The fourth-order valence-electron chi connectivity index (χ4n) is 4.35. The van der Waals surface area contributed by atoms with Crippen molar-refractivity contribution >= 4 is 22.6 Å². The van der Waals surface area contributed by atoms with Gasteiger partial charge >= 0.3 is 5.97 Å². The van der Waals surface area contributed by atoms with Crippen LogP contribution in [0.15, 0.2) is 59.4 Å².